The minimum atomic E-state index is 0. The first kappa shape index (κ1) is 12.1. The molecular weight excluding hydrogens is 279 g/mol. The van der Waals surface area contributed by atoms with E-state index < -0.39 is 0 Å². The smallest absolute Gasteiger partial charge is 0.148 e. The van der Waals surface area contributed by atoms with E-state index in [1.807, 2.05) is 6.07 Å². The number of hydrogen-bond acceptors (Lipinski definition) is 3. The monoisotopic (exact) mass is 286 g/mol. The normalized spacial score (nSPS) is 9.67. The van der Waals surface area contributed by atoms with Crippen LogP contribution in [0.4, 0.5) is 0 Å². The summed E-state index contributed by atoms with van der Waals surface area (Å²) in [5.41, 5.74) is 6.81. The molecule has 0 unspecified atom stereocenters. The summed E-state index contributed by atoms with van der Waals surface area (Å²) in [6, 6.07) is 7.44. The molecule has 1 aromatic heterocycles. The maximum Gasteiger partial charge on any atom is 0.148 e. The van der Waals surface area contributed by atoms with Gasteiger partial charge in [-0.2, -0.15) is 5.26 Å². The summed E-state index contributed by atoms with van der Waals surface area (Å²) in [5.74, 6) is 0.718. The lowest BCUT2D eigenvalue weighted by atomic mass is 10.2. The van der Waals surface area contributed by atoms with Crippen molar-refractivity contribution in [1.29, 1.82) is 5.26 Å². The molecule has 0 fully saturated rings. The zero-order valence-corrected chi connectivity index (χ0v) is 10.1. The van der Waals surface area contributed by atoms with Crippen LogP contribution in [0.25, 0.3) is 11.0 Å². The van der Waals surface area contributed by atoms with E-state index >= 15 is 0 Å². The Bertz CT molecular complexity index is 530. The molecule has 1 heterocycles. The Kier molecular flexibility index (Phi) is 3.75. The van der Waals surface area contributed by atoms with Crippen molar-refractivity contribution in [2.24, 2.45) is 5.73 Å². The third-order valence-corrected chi connectivity index (χ3v) is 2.54. The first-order valence-electron chi connectivity index (χ1n) is 4.06. The van der Waals surface area contributed by atoms with Crippen LogP contribution in [0.3, 0.4) is 0 Å². The third-order valence-electron chi connectivity index (χ3n) is 1.95. The van der Waals surface area contributed by atoms with Crippen molar-refractivity contribution in [3.63, 3.8) is 0 Å². The number of fused-ring (bicyclic) bond motifs is 1. The fourth-order valence-corrected chi connectivity index (χ4v) is 1.89. The van der Waals surface area contributed by atoms with Crippen LogP contribution in [-0.2, 0) is 6.54 Å². The molecule has 0 aliphatic rings. The van der Waals surface area contributed by atoms with Crippen molar-refractivity contribution in [3.8, 4) is 6.07 Å². The lowest BCUT2D eigenvalue weighted by Crippen LogP contribution is -1.92. The molecule has 0 radical (unpaired) electrons. The van der Waals surface area contributed by atoms with Crippen LogP contribution in [0.15, 0.2) is 27.1 Å². The van der Waals surface area contributed by atoms with Crippen LogP contribution in [-0.4, -0.2) is 0 Å². The second-order valence-electron chi connectivity index (χ2n) is 2.91. The van der Waals surface area contributed by atoms with Gasteiger partial charge in [0.15, 0.2) is 0 Å². The summed E-state index contributed by atoms with van der Waals surface area (Å²) in [7, 11) is 0. The van der Waals surface area contributed by atoms with Gasteiger partial charge in [0.1, 0.15) is 11.3 Å². The van der Waals surface area contributed by atoms with E-state index in [1.165, 1.54) is 0 Å². The Morgan fingerprint density at radius 2 is 2.13 bits per heavy atom. The van der Waals surface area contributed by atoms with Gasteiger partial charge in [0.25, 0.3) is 0 Å². The predicted octanol–water partition coefficient (Wildman–Crippen LogP) is 2.95. The van der Waals surface area contributed by atoms with E-state index in [1.54, 1.807) is 12.1 Å². The fourth-order valence-electron chi connectivity index (χ4n) is 1.33. The van der Waals surface area contributed by atoms with Crippen LogP contribution < -0.4 is 5.73 Å². The molecule has 0 amide bonds. The van der Waals surface area contributed by atoms with Crippen LogP contribution in [0.2, 0.25) is 0 Å². The zero-order chi connectivity index (χ0) is 10.1. The largest absolute Gasteiger partial charge is 0.459 e. The highest BCUT2D eigenvalue weighted by Gasteiger charge is 2.07. The Morgan fingerprint density at radius 3 is 2.73 bits per heavy atom. The van der Waals surface area contributed by atoms with E-state index in [9.17, 15) is 0 Å². The molecule has 0 bridgehead atoms. The lowest BCUT2D eigenvalue weighted by Gasteiger charge is -1.93. The van der Waals surface area contributed by atoms with Crippen LogP contribution in [0.1, 0.15) is 11.3 Å². The molecule has 1 aromatic carbocycles. The van der Waals surface area contributed by atoms with Crippen molar-refractivity contribution in [2.45, 2.75) is 6.54 Å². The van der Waals surface area contributed by atoms with Gasteiger partial charge in [-0.3, -0.25) is 0 Å². The number of hydrogen-bond donors (Lipinski definition) is 1. The fraction of sp³-hybridized carbons (Fsp3) is 0.100. The number of nitrogens with two attached hydrogens (primary N) is 1. The summed E-state index contributed by atoms with van der Waals surface area (Å²) in [6.45, 7) is 0.364. The van der Waals surface area contributed by atoms with E-state index in [4.69, 9.17) is 15.4 Å². The van der Waals surface area contributed by atoms with Gasteiger partial charge in [-0.05, 0) is 34.1 Å². The molecule has 2 aromatic rings. The van der Waals surface area contributed by atoms with Crippen molar-refractivity contribution in [2.75, 3.05) is 0 Å². The molecule has 0 atom stereocenters. The van der Waals surface area contributed by atoms with Gasteiger partial charge in [-0.1, -0.05) is 0 Å². The Balaban J connectivity index is 0.00000112. The molecule has 2 rings (SSSR count). The summed E-state index contributed by atoms with van der Waals surface area (Å²) in [5, 5.41) is 9.66. The molecule has 0 aliphatic carbocycles. The molecule has 5 heteroatoms. The zero-order valence-electron chi connectivity index (χ0n) is 7.66. The number of rotatable bonds is 1. The molecule has 3 nitrogen and oxygen atoms in total. The summed E-state index contributed by atoms with van der Waals surface area (Å²) < 4.78 is 6.25. The van der Waals surface area contributed by atoms with Crippen molar-refractivity contribution in [3.05, 3.63) is 34.0 Å². The quantitative estimate of drug-likeness (QED) is 0.877. The highest BCUT2D eigenvalue weighted by Crippen LogP contribution is 2.28. The topological polar surface area (TPSA) is 63.0 Å². The molecule has 0 saturated heterocycles. The number of nitrogens with zero attached hydrogens (tertiary/aromatic N) is 1. The van der Waals surface area contributed by atoms with Gasteiger partial charge in [-0.25, -0.2) is 0 Å². The lowest BCUT2D eigenvalue weighted by molar-refractivity contribution is 0.551. The van der Waals surface area contributed by atoms with Crippen molar-refractivity contribution >= 4 is 39.3 Å². The second-order valence-corrected chi connectivity index (χ2v) is 3.76. The van der Waals surface area contributed by atoms with Gasteiger partial charge < -0.3 is 10.2 Å². The number of furan rings is 1. The summed E-state index contributed by atoms with van der Waals surface area (Å²) >= 11 is 3.35. The molecule has 78 valence electrons. The van der Waals surface area contributed by atoms with E-state index in [0.717, 1.165) is 21.2 Å². The predicted molar refractivity (Wildman–Crippen MR) is 63.8 cm³/mol. The number of benzene rings is 1. The summed E-state index contributed by atoms with van der Waals surface area (Å²) in [6.07, 6.45) is 0. The standard InChI is InChI=1S/C10H7BrN2O.ClH/c11-9-2-6(4-12)1-7-3-8(5-13)14-10(7)9;/h1-3H,5,13H2;1H. The SMILES string of the molecule is Cl.N#Cc1cc(Br)c2oc(CN)cc2c1. The molecule has 0 spiro atoms. The van der Waals surface area contributed by atoms with E-state index in [-0.39, 0.29) is 12.4 Å². The van der Waals surface area contributed by atoms with Crippen LogP contribution >= 0.6 is 28.3 Å². The highest BCUT2D eigenvalue weighted by atomic mass is 79.9. The minimum Gasteiger partial charge on any atom is -0.459 e. The maximum atomic E-state index is 8.76. The Hall–Kier alpha value is -1.02. The molecular formula is C10H8BrClN2O. The number of nitriles is 1. The van der Waals surface area contributed by atoms with Crippen LogP contribution in [0, 0.1) is 11.3 Å². The molecule has 2 N–H and O–H groups in total. The first-order chi connectivity index (χ1) is 6.74. The maximum absolute atomic E-state index is 8.76. The first-order valence-corrected chi connectivity index (χ1v) is 4.86. The summed E-state index contributed by atoms with van der Waals surface area (Å²) in [4.78, 5) is 0. The third kappa shape index (κ3) is 2.15. The van der Waals surface area contributed by atoms with Crippen molar-refractivity contribution in [1.82, 2.24) is 0 Å². The minimum absolute atomic E-state index is 0. The second kappa shape index (κ2) is 4.67. The highest BCUT2D eigenvalue weighted by molar-refractivity contribution is 9.10. The molecule has 15 heavy (non-hydrogen) atoms. The average Bonchev–Trinajstić information content (AvgIpc) is 2.61. The molecule has 0 aliphatic heterocycles. The van der Waals surface area contributed by atoms with Crippen LogP contribution in [0.5, 0.6) is 0 Å². The van der Waals surface area contributed by atoms with Gasteiger partial charge >= 0.3 is 0 Å². The number of halogens is 2. The van der Waals surface area contributed by atoms with Gasteiger partial charge in [0.2, 0.25) is 0 Å². The molecule has 0 saturated carbocycles. The van der Waals surface area contributed by atoms with Gasteiger partial charge in [0, 0.05) is 5.39 Å². The Morgan fingerprint density at radius 1 is 1.40 bits per heavy atom. The van der Waals surface area contributed by atoms with E-state index in [2.05, 4.69) is 22.0 Å². The van der Waals surface area contributed by atoms with Gasteiger partial charge in [-0.15, -0.1) is 12.4 Å². The van der Waals surface area contributed by atoms with Gasteiger partial charge in [0.05, 0.1) is 22.7 Å². The van der Waals surface area contributed by atoms with Crippen molar-refractivity contribution < 1.29 is 4.42 Å². The van der Waals surface area contributed by atoms with E-state index in [0.29, 0.717) is 12.1 Å². The average molecular weight is 288 g/mol. The Labute approximate surface area is 101 Å².